The lowest BCUT2D eigenvalue weighted by molar-refractivity contribution is -0.122. The van der Waals surface area contributed by atoms with Gasteiger partial charge in [0.05, 0.1) is 19.3 Å². The molecule has 0 radical (unpaired) electrons. The maximum absolute atomic E-state index is 12.6. The van der Waals surface area contributed by atoms with Crippen LogP contribution in [0.15, 0.2) is 54.6 Å². The standard InChI is InChI=1S/C23H28N2O3/c1-18-7-9-19(10-8-18)21(17-25-13-15-28-16-14-25)24-23(27)12-11-22(26)20-5-3-2-4-6-20/h2-10,21H,11-17H2,1H3,(H,24,27). The molecule has 0 aromatic heterocycles. The van der Waals surface area contributed by atoms with Crippen LogP contribution in [0.5, 0.6) is 0 Å². The van der Waals surface area contributed by atoms with Crippen LogP contribution in [0.3, 0.4) is 0 Å². The van der Waals surface area contributed by atoms with Crippen molar-refractivity contribution in [3.05, 3.63) is 71.3 Å². The number of rotatable bonds is 8. The Kier molecular flexibility index (Phi) is 7.34. The summed E-state index contributed by atoms with van der Waals surface area (Å²) in [5, 5.41) is 3.13. The number of ketones is 1. The fourth-order valence-corrected chi connectivity index (χ4v) is 3.34. The number of ether oxygens (including phenoxy) is 1. The van der Waals surface area contributed by atoms with Gasteiger partial charge in [0, 0.05) is 38.0 Å². The van der Waals surface area contributed by atoms with E-state index in [0.29, 0.717) is 5.56 Å². The molecule has 2 aromatic rings. The fourth-order valence-electron chi connectivity index (χ4n) is 3.34. The molecule has 0 aliphatic carbocycles. The number of nitrogens with one attached hydrogen (secondary N) is 1. The number of morpholine rings is 1. The molecule has 1 unspecified atom stereocenters. The summed E-state index contributed by atoms with van der Waals surface area (Å²) in [5.74, 6) is -0.0982. The molecular formula is C23H28N2O3. The van der Waals surface area contributed by atoms with E-state index < -0.39 is 0 Å². The van der Waals surface area contributed by atoms with Crippen LogP contribution < -0.4 is 5.32 Å². The molecule has 1 atom stereocenters. The molecule has 0 bridgehead atoms. The van der Waals surface area contributed by atoms with E-state index in [9.17, 15) is 9.59 Å². The van der Waals surface area contributed by atoms with Gasteiger partial charge in [-0.3, -0.25) is 14.5 Å². The fraction of sp³-hybridized carbons (Fsp3) is 0.391. The maximum Gasteiger partial charge on any atom is 0.220 e. The van der Waals surface area contributed by atoms with E-state index in [-0.39, 0.29) is 30.6 Å². The molecule has 0 spiro atoms. The maximum atomic E-state index is 12.6. The van der Waals surface area contributed by atoms with Crippen molar-refractivity contribution in [2.24, 2.45) is 0 Å². The molecule has 5 nitrogen and oxygen atoms in total. The minimum absolute atomic E-state index is 0.00387. The number of hydrogen-bond acceptors (Lipinski definition) is 4. The minimum Gasteiger partial charge on any atom is -0.379 e. The number of carbonyl (C=O) groups is 2. The van der Waals surface area contributed by atoms with Crippen LogP contribution in [0.4, 0.5) is 0 Å². The van der Waals surface area contributed by atoms with Crippen molar-refractivity contribution in [2.45, 2.75) is 25.8 Å². The molecule has 1 saturated heterocycles. The normalized spacial score (nSPS) is 15.8. The van der Waals surface area contributed by atoms with Crippen LogP contribution in [0, 0.1) is 6.92 Å². The summed E-state index contributed by atoms with van der Waals surface area (Å²) in [4.78, 5) is 27.1. The highest BCUT2D eigenvalue weighted by atomic mass is 16.5. The van der Waals surface area contributed by atoms with Crippen molar-refractivity contribution in [3.63, 3.8) is 0 Å². The monoisotopic (exact) mass is 380 g/mol. The summed E-state index contributed by atoms with van der Waals surface area (Å²) in [6, 6.07) is 17.3. The van der Waals surface area contributed by atoms with Gasteiger partial charge in [-0.2, -0.15) is 0 Å². The first-order valence-electron chi connectivity index (χ1n) is 9.86. The van der Waals surface area contributed by atoms with Crippen molar-refractivity contribution in [3.8, 4) is 0 Å². The highest BCUT2D eigenvalue weighted by molar-refractivity contribution is 5.97. The Labute approximate surface area is 166 Å². The van der Waals surface area contributed by atoms with Gasteiger partial charge in [-0.05, 0) is 12.5 Å². The molecule has 1 aliphatic heterocycles. The quantitative estimate of drug-likeness (QED) is 0.715. The molecule has 5 heteroatoms. The van der Waals surface area contributed by atoms with Gasteiger partial charge < -0.3 is 10.1 Å². The summed E-state index contributed by atoms with van der Waals surface area (Å²) in [6.07, 6.45) is 0.410. The SMILES string of the molecule is Cc1ccc(C(CN2CCOCC2)NC(=O)CCC(=O)c2ccccc2)cc1. The van der Waals surface area contributed by atoms with E-state index in [4.69, 9.17) is 4.74 Å². The van der Waals surface area contributed by atoms with Crippen LogP contribution in [0.1, 0.15) is 40.4 Å². The number of amides is 1. The zero-order chi connectivity index (χ0) is 19.8. The van der Waals surface area contributed by atoms with Crippen LogP contribution >= 0.6 is 0 Å². The lowest BCUT2D eigenvalue weighted by Crippen LogP contribution is -2.43. The number of aryl methyl sites for hydroxylation is 1. The van der Waals surface area contributed by atoms with Gasteiger partial charge in [0.1, 0.15) is 0 Å². The molecular weight excluding hydrogens is 352 g/mol. The zero-order valence-corrected chi connectivity index (χ0v) is 16.4. The Bertz CT molecular complexity index is 768. The molecule has 3 rings (SSSR count). The van der Waals surface area contributed by atoms with E-state index in [1.165, 1.54) is 5.56 Å². The van der Waals surface area contributed by atoms with E-state index in [1.807, 2.05) is 18.2 Å². The third kappa shape index (κ3) is 6.01. The Morgan fingerprint density at radius 1 is 1.00 bits per heavy atom. The van der Waals surface area contributed by atoms with Crippen molar-refractivity contribution in [2.75, 3.05) is 32.8 Å². The van der Waals surface area contributed by atoms with Gasteiger partial charge >= 0.3 is 0 Å². The second-order valence-corrected chi connectivity index (χ2v) is 7.23. The number of benzene rings is 2. The summed E-state index contributed by atoms with van der Waals surface area (Å²) in [5.41, 5.74) is 2.92. The summed E-state index contributed by atoms with van der Waals surface area (Å²) in [6.45, 7) is 5.97. The van der Waals surface area contributed by atoms with Crippen molar-refractivity contribution in [1.29, 1.82) is 0 Å². The molecule has 2 aromatic carbocycles. The Balaban J connectivity index is 1.60. The largest absolute Gasteiger partial charge is 0.379 e. The third-order valence-corrected chi connectivity index (χ3v) is 5.03. The van der Waals surface area contributed by atoms with Gasteiger partial charge in [0.15, 0.2) is 5.78 Å². The van der Waals surface area contributed by atoms with Gasteiger partial charge in [-0.15, -0.1) is 0 Å². The summed E-state index contributed by atoms with van der Waals surface area (Å²) >= 11 is 0. The minimum atomic E-state index is -0.0990. The highest BCUT2D eigenvalue weighted by Gasteiger charge is 2.20. The molecule has 1 N–H and O–H groups in total. The average Bonchev–Trinajstić information content (AvgIpc) is 2.73. The molecule has 1 aliphatic rings. The number of nitrogens with zero attached hydrogens (tertiary/aromatic N) is 1. The third-order valence-electron chi connectivity index (χ3n) is 5.03. The highest BCUT2D eigenvalue weighted by Crippen LogP contribution is 2.17. The summed E-state index contributed by atoms with van der Waals surface area (Å²) in [7, 11) is 0. The number of hydrogen-bond donors (Lipinski definition) is 1. The van der Waals surface area contributed by atoms with Gasteiger partial charge in [0.2, 0.25) is 5.91 Å². The Hall–Kier alpha value is -2.50. The topological polar surface area (TPSA) is 58.6 Å². The van der Waals surface area contributed by atoms with Crippen LogP contribution in [-0.2, 0) is 9.53 Å². The van der Waals surface area contributed by atoms with Gasteiger partial charge in [-0.1, -0.05) is 60.2 Å². The van der Waals surface area contributed by atoms with E-state index in [0.717, 1.165) is 38.4 Å². The molecule has 148 valence electrons. The predicted molar refractivity (Wildman–Crippen MR) is 109 cm³/mol. The van der Waals surface area contributed by atoms with E-state index >= 15 is 0 Å². The van der Waals surface area contributed by atoms with Crippen molar-refractivity contribution in [1.82, 2.24) is 10.2 Å². The second-order valence-electron chi connectivity index (χ2n) is 7.23. The second kappa shape index (κ2) is 10.2. The molecule has 1 amide bonds. The lowest BCUT2D eigenvalue weighted by Gasteiger charge is -2.31. The van der Waals surface area contributed by atoms with E-state index in [1.54, 1.807) is 12.1 Å². The number of Topliss-reactive ketones (excluding diaryl/α,β-unsaturated/α-hetero) is 1. The lowest BCUT2D eigenvalue weighted by atomic mass is 10.0. The Morgan fingerprint density at radius 3 is 2.36 bits per heavy atom. The molecule has 28 heavy (non-hydrogen) atoms. The molecule has 1 fully saturated rings. The molecule has 1 heterocycles. The van der Waals surface area contributed by atoms with Crippen LogP contribution in [0.2, 0.25) is 0 Å². The number of carbonyl (C=O) groups excluding carboxylic acids is 2. The predicted octanol–water partition coefficient (Wildman–Crippen LogP) is 3.15. The van der Waals surface area contributed by atoms with E-state index in [2.05, 4.69) is 41.4 Å². The van der Waals surface area contributed by atoms with Crippen LogP contribution in [-0.4, -0.2) is 49.4 Å². The smallest absolute Gasteiger partial charge is 0.220 e. The van der Waals surface area contributed by atoms with Crippen LogP contribution in [0.25, 0.3) is 0 Å². The Morgan fingerprint density at radius 2 is 1.68 bits per heavy atom. The average molecular weight is 380 g/mol. The van der Waals surface area contributed by atoms with Crippen molar-refractivity contribution < 1.29 is 14.3 Å². The first kappa shape index (κ1) is 20.2. The molecule has 0 saturated carbocycles. The first-order chi connectivity index (χ1) is 13.6. The first-order valence-corrected chi connectivity index (χ1v) is 9.86. The summed E-state index contributed by atoms with van der Waals surface area (Å²) < 4.78 is 5.42. The zero-order valence-electron chi connectivity index (χ0n) is 16.4. The van der Waals surface area contributed by atoms with Gasteiger partial charge in [0.25, 0.3) is 0 Å². The van der Waals surface area contributed by atoms with Crippen molar-refractivity contribution >= 4 is 11.7 Å². The van der Waals surface area contributed by atoms with Gasteiger partial charge in [-0.25, -0.2) is 0 Å².